The van der Waals surface area contributed by atoms with E-state index in [9.17, 15) is 14.7 Å². The number of benzene rings is 2. The molecular weight excluding hydrogens is 404 g/mol. The van der Waals surface area contributed by atoms with E-state index in [0.29, 0.717) is 24.3 Å². The first-order valence-electron chi connectivity index (χ1n) is 10.7. The van der Waals surface area contributed by atoms with Crippen molar-refractivity contribution in [1.29, 1.82) is 0 Å². The SMILES string of the molecule is Cn1c(=O)[nH]c2ncc(-c3cccc(C(=O)N4Cc5ccc(O)cc5C5(CC5)C4)c3)cc21. The van der Waals surface area contributed by atoms with Crippen LogP contribution in [0.3, 0.4) is 0 Å². The molecule has 1 amide bonds. The van der Waals surface area contributed by atoms with Crippen LogP contribution in [0.25, 0.3) is 22.3 Å². The summed E-state index contributed by atoms with van der Waals surface area (Å²) in [5.74, 6) is 0.285. The Balaban J connectivity index is 1.34. The number of rotatable bonds is 2. The topological polar surface area (TPSA) is 91.2 Å². The van der Waals surface area contributed by atoms with E-state index in [1.165, 1.54) is 10.1 Å². The van der Waals surface area contributed by atoms with E-state index in [1.54, 1.807) is 19.3 Å². The van der Waals surface area contributed by atoms with E-state index >= 15 is 0 Å². The summed E-state index contributed by atoms with van der Waals surface area (Å²) in [6.45, 7) is 1.21. The standard InChI is InChI=1S/C25H22N4O3/c1-28-21-10-18(12-26-22(21)27-24(28)32)15-3-2-4-16(9-15)23(31)29-13-17-5-6-19(30)11-20(17)25(14-29)7-8-25/h2-6,9-12,30H,7-8,13-14H2,1H3,(H,26,27,32). The molecule has 0 atom stereocenters. The van der Waals surface area contributed by atoms with Crippen LogP contribution in [-0.4, -0.2) is 37.0 Å². The summed E-state index contributed by atoms with van der Waals surface area (Å²) in [5, 5.41) is 9.92. The van der Waals surface area contributed by atoms with E-state index in [1.807, 2.05) is 47.4 Å². The highest BCUT2D eigenvalue weighted by Crippen LogP contribution is 2.53. The van der Waals surface area contributed by atoms with Gasteiger partial charge in [0.1, 0.15) is 5.75 Å². The maximum atomic E-state index is 13.5. The van der Waals surface area contributed by atoms with Crippen LogP contribution in [0.2, 0.25) is 0 Å². The highest BCUT2D eigenvalue weighted by Gasteiger charge is 2.50. The Hall–Kier alpha value is -3.87. The molecular formula is C25H22N4O3. The first-order chi connectivity index (χ1) is 15.4. The average molecular weight is 426 g/mol. The molecule has 1 spiro atoms. The summed E-state index contributed by atoms with van der Waals surface area (Å²) in [6.07, 6.45) is 3.79. The van der Waals surface area contributed by atoms with Crippen molar-refractivity contribution >= 4 is 17.1 Å². The first-order valence-corrected chi connectivity index (χ1v) is 10.7. The monoisotopic (exact) mass is 426 g/mol. The minimum absolute atomic E-state index is 0.0000633. The number of amides is 1. The van der Waals surface area contributed by atoms with Crippen molar-refractivity contribution in [3.05, 3.63) is 81.9 Å². The molecule has 3 heterocycles. The number of phenolic OH excluding ortho intramolecular Hbond substituents is 1. The van der Waals surface area contributed by atoms with Crippen molar-refractivity contribution in [2.75, 3.05) is 6.54 Å². The van der Waals surface area contributed by atoms with Crippen LogP contribution in [0.4, 0.5) is 0 Å². The zero-order chi connectivity index (χ0) is 22.0. The Kier molecular flexibility index (Phi) is 3.87. The van der Waals surface area contributed by atoms with Crippen molar-refractivity contribution < 1.29 is 9.90 Å². The minimum Gasteiger partial charge on any atom is -0.508 e. The summed E-state index contributed by atoms with van der Waals surface area (Å²) in [6, 6.07) is 15.0. The minimum atomic E-state index is -0.207. The van der Waals surface area contributed by atoms with Crippen LogP contribution in [-0.2, 0) is 19.0 Å². The highest BCUT2D eigenvalue weighted by molar-refractivity contribution is 5.96. The zero-order valence-corrected chi connectivity index (χ0v) is 17.6. The number of phenols is 1. The zero-order valence-electron chi connectivity index (χ0n) is 17.6. The van der Waals surface area contributed by atoms with Crippen molar-refractivity contribution in [3.63, 3.8) is 0 Å². The third kappa shape index (κ3) is 2.85. The molecule has 1 aliphatic heterocycles. The molecule has 0 saturated heterocycles. The Morgan fingerprint density at radius 2 is 1.97 bits per heavy atom. The molecule has 2 aromatic carbocycles. The largest absolute Gasteiger partial charge is 0.508 e. The molecule has 1 fully saturated rings. The number of aryl methyl sites for hydroxylation is 1. The van der Waals surface area contributed by atoms with E-state index < -0.39 is 0 Å². The highest BCUT2D eigenvalue weighted by atomic mass is 16.3. The number of nitrogens with one attached hydrogen (secondary N) is 1. The van der Waals surface area contributed by atoms with Gasteiger partial charge in [0.2, 0.25) is 0 Å². The molecule has 7 nitrogen and oxygen atoms in total. The Morgan fingerprint density at radius 3 is 2.78 bits per heavy atom. The molecule has 4 aromatic rings. The maximum absolute atomic E-state index is 13.5. The molecule has 32 heavy (non-hydrogen) atoms. The van der Waals surface area contributed by atoms with Crippen LogP contribution in [0.5, 0.6) is 5.75 Å². The van der Waals surface area contributed by atoms with Crippen LogP contribution in [0.15, 0.2) is 59.5 Å². The Bertz CT molecular complexity index is 1460. The van der Waals surface area contributed by atoms with Crippen molar-refractivity contribution in [2.24, 2.45) is 7.05 Å². The molecule has 1 saturated carbocycles. The van der Waals surface area contributed by atoms with E-state index in [4.69, 9.17) is 0 Å². The normalized spacial score (nSPS) is 16.3. The summed E-state index contributed by atoms with van der Waals surface area (Å²) in [4.78, 5) is 34.3. The number of carbonyl (C=O) groups excluding carboxylic acids is 1. The molecule has 2 aliphatic rings. The second-order valence-electron chi connectivity index (χ2n) is 8.94. The number of nitrogens with zero attached hydrogens (tertiary/aromatic N) is 3. The van der Waals surface area contributed by atoms with Gasteiger partial charge in [-0.05, 0) is 59.9 Å². The van der Waals surface area contributed by atoms with Crippen LogP contribution < -0.4 is 5.69 Å². The van der Waals surface area contributed by atoms with Crippen molar-refractivity contribution in [2.45, 2.75) is 24.8 Å². The fraction of sp³-hybridized carbons (Fsp3) is 0.240. The lowest BCUT2D eigenvalue weighted by Gasteiger charge is -2.35. The first kappa shape index (κ1) is 18.9. The molecule has 1 aliphatic carbocycles. The maximum Gasteiger partial charge on any atom is 0.327 e. The number of hydrogen-bond donors (Lipinski definition) is 2. The molecule has 160 valence electrons. The fourth-order valence-electron chi connectivity index (χ4n) is 4.90. The molecule has 2 aromatic heterocycles. The summed E-state index contributed by atoms with van der Waals surface area (Å²) >= 11 is 0. The lowest BCUT2D eigenvalue weighted by Crippen LogP contribution is -2.41. The molecule has 7 heteroatoms. The Labute approximate surface area is 184 Å². The van der Waals surface area contributed by atoms with Gasteiger partial charge in [-0.25, -0.2) is 9.78 Å². The van der Waals surface area contributed by atoms with Gasteiger partial charge in [0.15, 0.2) is 5.65 Å². The number of aromatic nitrogens is 3. The quantitative estimate of drug-likeness (QED) is 0.514. The lowest BCUT2D eigenvalue weighted by molar-refractivity contribution is 0.0709. The number of aromatic hydroxyl groups is 1. The predicted molar refractivity (Wildman–Crippen MR) is 121 cm³/mol. The number of carbonyl (C=O) groups is 1. The molecule has 2 N–H and O–H groups in total. The second-order valence-corrected chi connectivity index (χ2v) is 8.94. The van der Waals surface area contributed by atoms with Crippen LogP contribution in [0.1, 0.15) is 34.3 Å². The fourth-order valence-corrected chi connectivity index (χ4v) is 4.90. The van der Waals surface area contributed by atoms with Gasteiger partial charge in [-0.15, -0.1) is 0 Å². The van der Waals surface area contributed by atoms with Gasteiger partial charge in [0, 0.05) is 42.9 Å². The number of fused-ring (bicyclic) bond motifs is 3. The van der Waals surface area contributed by atoms with Crippen molar-refractivity contribution in [3.8, 4) is 16.9 Å². The third-order valence-corrected chi connectivity index (χ3v) is 6.86. The van der Waals surface area contributed by atoms with Crippen molar-refractivity contribution in [1.82, 2.24) is 19.4 Å². The van der Waals surface area contributed by atoms with Gasteiger partial charge in [-0.2, -0.15) is 0 Å². The molecule has 0 bridgehead atoms. The third-order valence-electron chi connectivity index (χ3n) is 6.86. The smallest absolute Gasteiger partial charge is 0.327 e. The van der Waals surface area contributed by atoms with Gasteiger partial charge >= 0.3 is 5.69 Å². The molecule has 0 radical (unpaired) electrons. The number of hydrogen-bond acceptors (Lipinski definition) is 4. The van der Waals surface area contributed by atoms with Gasteiger partial charge in [0.05, 0.1) is 5.52 Å². The van der Waals surface area contributed by atoms with Gasteiger partial charge in [0.25, 0.3) is 5.91 Å². The van der Waals surface area contributed by atoms with Gasteiger partial charge in [-0.3, -0.25) is 14.3 Å². The van der Waals surface area contributed by atoms with E-state index in [-0.39, 0.29) is 22.8 Å². The van der Waals surface area contributed by atoms with E-state index in [0.717, 1.165) is 35.0 Å². The van der Waals surface area contributed by atoms with Crippen LogP contribution >= 0.6 is 0 Å². The number of aromatic amines is 1. The summed E-state index contributed by atoms with van der Waals surface area (Å²) in [5.41, 5.74) is 5.68. The lowest BCUT2D eigenvalue weighted by atomic mass is 9.86. The second kappa shape index (κ2) is 6.56. The van der Waals surface area contributed by atoms with Gasteiger partial charge in [-0.1, -0.05) is 18.2 Å². The Morgan fingerprint density at radius 1 is 1.12 bits per heavy atom. The number of pyridine rings is 1. The average Bonchev–Trinajstić information content (AvgIpc) is 3.52. The number of imidazole rings is 1. The molecule has 6 rings (SSSR count). The molecule has 0 unspecified atom stereocenters. The predicted octanol–water partition coefficient (Wildman–Crippen LogP) is 3.32. The van der Waals surface area contributed by atoms with Gasteiger partial charge < -0.3 is 10.0 Å². The summed E-state index contributed by atoms with van der Waals surface area (Å²) < 4.78 is 1.53. The summed E-state index contributed by atoms with van der Waals surface area (Å²) in [7, 11) is 1.70. The van der Waals surface area contributed by atoms with Crippen LogP contribution in [0, 0.1) is 0 Å². The van der Waals surface area contributed by atoms with E-state index in [2.05, 4.69) is 9.97 Å². The number of H-pyrrole nitrogens is 1.